The molecule has 0 saturated heterocycles. The Bertz CT molecular complexity index is 701. The van der Waals surface area contributed by atoms with E-state index in [2.05, 4.69) is 44.1 Å². The summed E-state index contributed by atoms with van der Waals surface area (Å²) in [6.07, 6.45) is 4.91. The number of fused-ring (bicyclic) bond motifs is 1. The Balaban J connectivity index is 2.07. The number of aromatic amines is 1. The molecule has 0 bridgehead atoms. The number of rotatable bonds is 4. The van der Waals surface area contributed by atoms with E-state index in [1.807, 2.05) is 12.1 Å². The maximum absolute atomic E-state index is 5.49. The highest BCUT2D eigenvalue weighted by Crippen LogP contribution is 2.26. The Hall–Kier alpha value is -2.15. The van der Waals surface area contributed by atoms with E-state index in [4.69, 9.17) is 4.42 Å². The fraction of sp³-hybridized carbons (Fsp3) is 0.308. The van der Waals surface area contributed by atoms with Crippen LogP contribution in [0.15, 0.2) is 35.5 Å². The average Bonchev–Trinajstić information content (AvgIpc) is 3.05. The number of furan rings is 1. The summed E-state index contributed by atoms with van der Waals surface area (Å²) < 4.78 is 7.80. The van der Waals surface area contributed by atoms with Crippen molar-refractivity contribution in [2.45, 2.75) is 26.2 Å². The molecular weight excluding hydrogens is 270 g/mol. The van der Waals surface area contributed by atoms with Crippen LogP contribution in [0.3, 0.4) is 0 Å². The molecule has 3 aromatic rings. The predicted octanol–water partition coefficient (Wildman–Crippen LogP) is 2.79. The highest BCUT2D eigenvalue weighted by molar-refractivity contribution is 6.79. The van der Waals surface area contributed by atoms with Crippen LogP contribution in [0.25, 0.3) is 11.2 Å². The standard InChI is InChI=1S/C13H17N5OSi/c1-20(2,3)18(7-10-5-4-6-19-10)13-11-12(15-8-14-11)16-9-17-13/h4-6,8-9H,7H2,1-3H3,(H,14,15,16,17). The predicted molar refractivity (Wildman–Crippen MR) is 79.9 cm³/mol. The van der Waals surface area contributed by atoms with Gasteiger partial charge in [-0.2, -0.15) is 0 Å². The van der Waals surface area contributed by atoms with Gasteiger partial charge in [-0.3, -0.25) is 0 Å². The lowest BCUT2D eigenvalue weighted by Crippen LogP contribution is -2.46. The molecule has 0 aliphatic carbocycles. The van der Waals surface area contributed by atoms with Crippen LogP contribution in [0.1, 0.15) is 5.76 Å². The molecule has 0 aliphatic rings. The Morgan fingerprint density at radius 2 is 2.10 bits per heavy atom. The minimum Gasteiger partial charge on any atom is -0.468 e. The molecule has 0 spiro atoms. The fourth-order valence-corrected chi connectivity index (χ4v) is 3.58. The molecule has 0 saturated carbocycles. The summed E-state index contributed by atoms with van der Waals surface area (Å²) in [5, 5.41) is 0. The summed E-state index contributed by atoms with van der Waals surface area (Å²) >= 11 is 0. The molecule has 20 heavy (non-hydrogen) atoms. The first-order valence-corrected chi connectivity index (χ1v) is 9.94. The Morgan fingerprint density at radius 3 is 2.80 bits per heavy atom. The molecule has 3 rings (SSSR count). The fourth-order valence-electron chi connectivity index (χ4n) is 2.15. The van der Waals surface area contributed by atoms with E-state index in [0.717, 1.165) is 17.1 Å². The second kappa shape index (κ2) is 4.75. The number of hydrogen-bond donors (Lipinski definition) is 1. The second-order valence-electron chi connectivity index (χ2n) is 5.63. The van der Waals surface area contributed by atoms with E-state index in [-0.39, 0.29) is 0 Å². The number of imidazole rings is 1. The largest absolute Gasteiger partial charge is 0.468 e. The minimum absolute atomic E-state index is 0.692. The van der Waals surface area contributed by atoms with Gasteiger partial charge in [0.05, 0.1) is 19.1 Å². The molecule has 104 valence electrons. The van der Waals surface area contributed by atoms with Crippen molar-refractivity contribution in [3.63, 3.8) is 0 Å². The first-order chi connectivity index (χ1) is 9.55. The number of H-pyrrole nitrogens is 1. The molecule has 6 nitrogen and oxygen atoms in total. The van der Waals surface area contributed by atoms with Crippen molar-refractivity contribution in [3.05, 3.63) is 36.8 Å². The molecule has 7 heteroatoms. The summed E-state index contributed by atoms with van der Waals surface area (Å²) in [7, 11) is -1.64. The molecule has 0 radical (unpaired) electrons. The van der Waals surface area contributed by atoms with E-state index in [1.165, 1.54) is 0 Å². The van der Waals surface area contributed by atoms with E-state index >= 15 is 0 Å². The van der Waals surface area contributed by atoms with Gasteiger partial charge in [-0.15, -0.1) is 0 Å². The molecule has 0 fully saturated rings. The molecule has 3 aromatic heterocycles. The Labute approximate surface area is 118 Å². The van der Waals surface area contributed by atoms with Crippen molar-refractivity contribution in [3.8, 4) is 0 Å². The zero-order valence-electron chi connectivity index (χ0n) is 11.8. The first kappa shape index (κ1) is 12.9. The van der Waals surface area contributed by atoms with E-state index in [0.29, 0.717) is 12.2 Å². The normalized spacial score (nSPS) is 11.9. The van der Waals surface area contributed by atoms with Crippen LogP contribution >= 0.6 is 0 Å². The topological polar surface area (TPSA) is 70.8 Å². The molecule has 0 aromatic carbocycles. The van der Waals surface area contributed by atoms with E-state index < -0.39 is 8.24 Å². The Kier molecular flexibility index (Phi) is 3.05. The van der Waals surface area contributed by atoms with E-state index in [9.17, 15) is 0 Å². The zero-order valence-corrected chi connectivity index (χ0v) is 12.8. The van der Waals surface area contributed by atoms with Gasteiger partial charge >= 0.3 is 0 Å². The van der Waals surface area contributed by atoms with Crippen LogP contribution in [0.2, 0.25) is 19.6 Å². The first-order valence-electron chi connectivity index (χ1n) is 6.50. The number of anilines is 1. The average molecular weight is 287 g/mol. The van der Waals surface area contributed by atoms with Crippen molar-refractivity contribution >= 4 is 25.2 Å². The van der Waals surface area contributed by atoms with Gasteiger partial charge < -0.3 is 14.0 Å². The molecule has 3 heterocycles. The van der Waals surface area contributed by atoms with Gasteiger partial charge in [-0.1, -0.05) is 19.6 Å². The monoisotopic (exact) mass is 287 g/mol. The summed E-state index contributed by atoms with van der Waals surface area (Å²) in [4.78, 5) is 16.0. The van der Waals surface area contributed by atoms with E-state index in [1.54, 1.807) is 18.9 Å². The third-order valence-electron chi connectivity index (χ3n) is 3.16. The quantitative estimate of drug-likeness (QED) is 0.747. The number of aromatic nitrogens is 4. The SMILES string of the molecule is C[Si](C)(C)N(Cc1ccco1)c1ncnc2nc[nH]c12. The van der Waals surface area contributed by atoms with Crippen LogP contribution in [0.4, 0.5) is 5.82 Å². The van der Waals surface area contributed by atoms with Crippen molar-refractivity contribution in [1.82, 2.24) is 19.9 Å². The molecule has 0 aliphatic heterocycles. The number of hydrogen-bond acceptors (Lipinski definition) is 5. The van der Waals surface area contributed by atoms with Crippen molar-refractivity contribution in [2.75, 3.05) is 4.57 Å². The summed E-state index contributed by atoms with van der Waals surface area (Å²) in [5.41, 5.74) is 1.57. The van der Waals surface area contributed by atoms with Crippen LogP contribution in [-0.4, -0.2) is 28.2 Å². The van der Waals surface area contributed by atoms with Crippen LogP contribution in [0.5, 0.6) is 0 Å². The smallest absolute Gasteiger partial charge is 0.182 e. The van der Waals surface area contributed by atoms with Gasteiger partial charge in [-0.25, -0.2) is 15.0 Å². The lowest BCUT2D eigenvalue weighted by Gasteiger charge is -2.34. The summed E-state index contributed by atoms with van der Waals surface area (Å²) in [6.45, 7) is 7.54. The summed E-state index contributed by atoms with van der Waals surface area (Å²) in [6, 6.07) is 3.89. The molecule has 0 unspecified atom stereocenters. The lowest BCUT2D eigenvalue weighted by atomic mass is 10.4. The molecule has 0 atom stereocenters. The van der Waals surface area contributed by atoms with Gasteiger partial charge in [-0.05, 0) is 12.1 Å². The number of nitrogens with one attached hydrogen (secondary N) is 1. The van der Waals surface area contributed by atoms with Gasteiger partial charge in [0.2, 0.25) is 0 Å². The minimum atomic E-state index is -1.64. The van der Waals surface area contributed by atoms with Gasteiger partial charge in [0.15, 0.2) is 11.5 Å². The third-order valence-corrected chi connectivity index (χ3v) is 5.15. The molecule has 0 amide bonds. The van der Waals surface area contributed by atoms with Crippen LogP contribution in [0, 0.1) is 0 Å². The number of nitrogens with zero attached hydrogens (tertiary/aromatic N) is 4. The van der Waals surface area contributed by atoms with Gasteiger partial charge in [0.1, 0.15) is 25.8 Å². The molecular formula is C13H17N5OSi. The maximum Gasteiger partial charge on any atom is 0.182 e. The maximum atomic E-state index is 5.49. The van der Waals surface area contributed by atoms with Gasteiger partial charge in [0, 0.05) is 0 Å². The summed E-state index contributed by atoms with van der Waals surface area (Å²) in [5.74, 6) is 1.82. The van der Waals surface area contributed by atoms with Crippen molar-refractivity contribution in [2.24, 2.45) is 0 Å². The van der Waals surface area contributed by atoms with Crippen molar-refractivity contribution < 1.29 is 4.42 Å². The highest BCUT2D eigenvalue weighted by atomic mass is 28.3. The zero-order chi connectivity index (χ0) is 14.2. The van der Waals surface area contributed by atoms with Crippen LogP contribution in [-0.2, 0) is 6.54 Å². The van der Waals surface area contributed by atoms with Crippen LogP contribution < -0.4 is 4.57 Å². The molecule has 1 N–H and O–H groups in total. The second-order valence-corrected chi connectivity index (χ2v) is 10.5. The lowest BCUT2D eigenvalue weighted by molar-refractivity contribution is 0.511. The highest BCUT2D eigenvalue weighted by Gasteiger charge is 2.28. The third kappa shape index (κ3) is 2.31. The Morgan fingerprint density at radius 1 is 1.25 bits per heavy atom. The van der Waals surface area contributed by atoms with Crippen molar-refractivity contribution in [1.29, 1.82) is 0 Å². The van der Waals surface area contributed by atoms with Gasteiger partial charge in [0.25, 0.3) is 0 Å².